The molecule has 0 amide bonds. The Hall–Kier alpha value is -2.69. The first kappa shape index (κ1) is 16.8. The van der Waals surface area contributed by atoms with Crippen LogP contribution in [0.2, 0.25) is 0 Å². The van der Waals surface area contributed by atoms with E-state index >= 15 is 0 Å². The second-order valence-corrected chi connectivity index (χ2v) is 6.98. The summed E-state index contributed by atoms with van der Waals surface area (Å²) in [6, 6.07) is 16.6. The number of nitrogens with one attached hydrogen (secondary N) is 1. The summed E-state index contributed by atoms with van der Waals surface area (Å²) in [5.41, 5.74) is 8.62. The monoisotopic (exact) mass is 351 g/mol. The topological polar surface area (TPSA) is 68.9 Å². The number of fused-ring (bicyclic) bond motifs is 1. The first-order valence-corrected chi connectivity index (χ1v) is 9.16. The standard InChI is InChI=1S/C21H25N3O2/c1-25-16-6-4-5-14(11-16)18-12-15(18)13-23-21(22)24-19-9-10-26-20-8-3-2-7-17(19)20/h2-8,11,15,18-19H,9-10,12-13H2,1H3,(H3,22,23,24)/t15-,18-,19?/m0/s1. The highest BCUT2D eigenvalue weighted by Gasteiger charge is 2.38. The maximum atomic E-state index is 6.15. The van der Waals surface area contributed by atoms with Crippen molar-refractivity contribution in [2.24, 2.45) is 16.6 Å². The van der Waals surface area contributed by atoms with E-state index in [0.29, 0.717) is 24.4 Å². The van der Waals surface area contributed by atoms with Gasteiger partial charge in [-0.05, 0) is 42.0 Å². The lowest BCUT2D eigenvalue weighted by Crippen LogP contribution is -2.37. The quantitative estimate of drug-likeness (QED) is 0.641. The SMILES string of the molecule is COc1cccc([C@@H]2C[C@H]2CN=C(N)NC2CCOc3ccccc32)c1. The van der Waals surface area contributed by atoms with Crippen LogP contribution in [0, 0.1) is 5.92 Å². The number of methoxy groups -OCH3 is 1. The molecule has 26 heavy (non-hydrogen) atoms. The van der Waals surface area contributed by atoms with Crippen molar-refractivity contribution in [2.75, 3.05) is 20.3 Å². The number of benzene rings is 2. The molecule has 5 heteroatoms. The zero-order chi connectivity index (χ0) is 17.9. The fourth-order valence-corrected chi connectivity index (χ4v) is 3.66. The van der Waals surface area contributed by atoms with Gasteiger partial charge in [-0.2, -0.15) is 0 Å². The van der Waals surface area contributed by atoms with Crippen LogP contribution < -0.4 is 20.5 Å². The average molecular weight is 351 g/mol. The molecule has 3 N–H and O–H groups in total. The third-order valence-corrected chi connectivity index (χ3v) is 5.22. The van der Waals surface area contributed by atoms with Gasteiger partial charge in [-0.15, -0.1) is 0 Å². The van der Waals surface area contributed by atoms with E-state index in [-0.39, 0.29) is 6.04 Å². The number of para-hydroxylation sites is 1. The molecule has 0 saturated heterocycles. The predicted molar refractivity (Wildman–Crippen MR) is 103 cm³/mol. The van der Waals surface area contributed by atoms with E-state index in [2.05, 4.69) is 28.5 Å². The Balaban J connectivity index is 1.34. The van der Waals surface area contributed by atoms with Gasteiger partial charge in [0, 0.05) is 18.5 Å². The number of ether oxygens (including phenoxy) is 2. The highest BCUT2D eigenvalue weighted by molar-refractivity contribution is 5.78. The predicted octanol–water partition coefficient (Wildman–Crippen LogP) is 3.23. The number of nitrogens with two attached hydrogens (primary N) is 1. The summed E-state index contributed by atoms with van der Waals surface area (Å²) >= 11 is 0. The Morgan fingerprint density at radius 2 is 2.15 bits per heavy atom. The minimum absolute atomic E-state index is 0.164. The van der Waals surface area contributed by atoms with Gasteiger partial charge in [-0.25, -0.2) is 0 Å². The van der Waals surface area contributed by atoms with Gasteiger partial charge in [0.2, 0.25) is 0 Å². The summed E-state index contributed by atoms with van der Waals surface area (Å²) in [6.07, 6.45) is 2.05. The normalized spacial score (nSPS) is 24.3. The Kier molecular flexibility index (Phi) is 4.69. The summed E-state index contributed by atoms with van der Waals surface area (Å²) in [7, 11) is 1.70. The Morgan fingerprint density at radius 3 is 3.04 bits per heavy atom. The molecule has 136 valence electrons. The minimum Gasteiger partial charge on any atom is -0.497 e. The van der Waals surface area contributed by atoms with E-state index in [4.69, 9.17) is 15.2 Å². The zero-order valence-corrected chi connectivity index (χ0v) is 15.0. The van der Waals surface area contributed by atoms with E-state index in [9.17, 15) is 0 Å². The fraction of sp³-hybridized carbons (Fsp3) is 0.381. The van der Waals surface area contributed by atoms with Gasteiger partial charge < -0.3 is 20.5 Å². The van der Waals surface area contributed by atoms with Crippen LogP contribution in [0.25, 0.3) is 0 Å². The molecule has 4 rings (SSSR count). The van der Waals surface area contributed by atoms with Crippen LogP contribution in [0.1, 0.15) is 35.9 Å². The molecule has 2 aliphatic rings. The molecule has 0 spiro atoms. The Bertz CT molecular complexity index is 805. The van der Waals surface area contributed by atoms with Gasteiger partial charge >= 0.3 is 0 Å². The molecule has 2 aromatic carbocycles. The summed E-state index contributed by atoms with van der Waals surface area (Å²) in [5.74, 6) is 3.48. The van der Waals surface area contributed by atoms with Crippen LogP contribution in [0.15, 0.2) is 53.5 Å². The molecule has 3 atom stereocenters. The van der Waals surface area contributed by atoms with Crippen LogP contribution >= 0.6 is 0 Å². The number of nitrogens with zero attached hydrogens (tertiary/aromatic N) is 1. The second-order valence-electron chi connectivity index (χ2n) is 6.98. The number of rotatable bonds is 5. The molecule has 0 radical (unpaired) electrons. The molecule has 2 aromatic rings. The maximum absolute atomic E-state index is 6.15. The molecular weight excluding hydrogens is 326 g/mol. The molecule has 1 heterocycles. The molecule has 1 saturated carbocycles. The summed E-state index contributed by atoms with van der Waals surface area (Å²) in [5, 5.41) is 3.36. The van der Waals surface area contributed by atoms with Crippen molar-refractivity contribution in [3.8, 4) is 11.5 Å². The average Bonchev–Trinajstić information content (AvgIpc) is 3.47. The second kappa shape index (κ2) is 7.28. The summed E-state index contributed by atoms with van der Waals surface area (Å²) in [4.78, 5) is 4.58. The summed E-state index contributed by atoms with van der Waals surface area (Å²) in [6.45, 7) is 1.45. The van der Waals surface area contributed by atoms with Gasteiger partial charge in [0.1, 0.15) is 11.5 Å². The lowest BCUT2D eigenvalue weighted by molar-refractivity contribution is 0.262. The molecule has 1 unspecified atom stereocenters. The van der Waals surface area contributed by atoms with Crippen LogP contribution in [0.3, 0.4) is 0 Å². The molecule has 0 bridgehead atoms. The number of guanidine groups is 1. The number of aliphatic imine (C=N–C) groups is 1. The van der Waals surface area contributed by atoms with Gasteiger partial charge in [-0.3, -0.25) is 4.99 Å². The number of hydrogen-bond donors (Lipinski definition) is 2. The Morgan fingerprint density at radius 1 is 1.27 bits per heavy atom. The first-order valence-electron chi connectivity index (χ1n) is 9.16. The van der Waals surface area contributed by atoms with Crippen LogP contribution in [-0.2, 0) is 0 Å². The largest absolute Gasteiger partial charge is 0.497 e. The highest BCUT2D eigenvalue weighted by Crippen LogP contribution is 2.48. The minimum atomic E-state index is 0.164. The molecule has 1 fully saturated rings. The molecular formula is C21H25N3O2. The van der Waals surface area contributed by atoms with Crippen LogP contribution in [0.4, 0.5) is 0 Å². The van der Waals surface area contributed by atoms with Crippen molar-refractivity contribution >= 4 is 5.96 Å². The van der Waals surface area contributed by atoms with Crippen LogP contribution in [0.5, 0.6) is 11.5 Å². The van der Waals surface area contributed by atoms with Crippen molar-refractivity contribution in [1.82, 2.24) is 5.32 Å². The molecule has 1 aliphatic heterocycles. The van der Waals surface area contributed by atoms with Gasteiger partial charge in [0.25, 0.3) is 0 Å². The number of hydrogen-bond acceptors (Lipinski definition) is 3. The lowest BCUT2D eigenvalue weighted by atomic mass is 10.0. The molecule has 0 aromatic heterocycles. The van der Waals surface area contributed by atoms with E-state index in [0.717, 1.165) is 36.4 Å². The van der Waals surface area contributed by atoms with Crippen molar-refractivity contribution in [3.05, 3.63) is 59.7 Å². The van der Waals surface area contributed by atoms with Crippen molar-refractivity contribution in [1.29, 1.82) is 0 Å². The van der Waals surface area contributed by atoms with Gasteiger partial charge in [-0.1, -0.05) is 30.3 Å². The first-order chi connectivity index (χ1) is 12.7. The van der Waals surface area contributed by atoms with Crippen molar-refractivity contribution < 1.29 is 9.47 Å². The maximum Gasteiger partial charge on any atom is 0.189 e. The zero-order valence-electron chi connectivity index (χ0n) is 15.0. The van der Waals surface area contributed by atoms with E-state index in [1.165, 1.54) is 5.56 Å². The third kappa shape index (κ3) is 3.62. The smallest absolute Gasteiger partial charge is 0.189 e. The summed E-state index contributed by atoms with van der Waals surface area (Å²) < 4.78 is 11.0. The third-order valence-electron chi connectivity index (χ3n) is 5.22. The van der Waals surface area contributed by atoms with E-state index in [1.807, 2.05) is 30.3 Å². The lowest BCUT2D eigenvalue weighted by Gasteiger charge is -2.26. The van der Waals surface area contributed by atoms with Gasteiger partial charge in [0.15, 0.2) is 5.96 Å². The van der Waals surface area contributed by atoms with Crippen LogP contribution in [-0.4, -0.2) is 26.2 Å². The Labute approximate surface area is 154 Å². The highest BCUT2D eigenvalue weighted by atomic mass is 16.5. The van der Waals surface area contributed by atoms with Gasteiger partial charge in [0.05, 0.1) is 19.8 Å². The van der Waals surface area contributed by atoms with Crippen molar-refractivity contribution in [3.63, 3.8) is 0 Å². The van der Waals surface area contributed by atoms with Crippen molar-refractivity contribution in [2.45, 2.75) is 24.8 Å². The van der Waals surface area contributed by atoms with E-state index < -0.39 is 0 Å². The molecule has 1 aliphatic carbocycles. The van der Waals surface area contributed by atoms with E-state index in [1.54, 1.807) is 7.11 Å². The molecule has 5 nitrogen and oxygen atoms in total. The fourth-order valence-electron chi connectivity index (χ4n) is 3.66.